The molecule has 1 amide bonds. The first-order chi connectivity index (χ1) is 10.00. The minimum atomic E-state index is -1.95. The van der Waals surface area contributed by atoms with Crippen LogP contribution in [0.25, 0.3) is 0 Å². The van der Waals surface area contributed by atoms with Gasteiger partial charge in [0, 0.05) is 19.7 Å². The van der Waals surface area contributed by atoms with Gasteiger partial charge in [-0.1, -0.05) is 35.9 Å². The second-order valence-electron chi connectivity index (χ2n) is 4.70. The summed E-state index contributed by atoms with van der Waals surface area (Å²) in [6.07, 6.45) is 0. The molecule has 3 rings (SSSR count). The summed E-state index contributed by atoms with van der Waals surface area (Å²) in [5.74, 6) is -0.727. The zero-order valence-corrected chi connectivity index (χ0v) is 13.6. The van der Waals surface area contributed by atoms with Gasteiger partial charge in [0.1, 0.15) is 0 Å². The molecule has 2 aromatic rings. The summed E-state index contributed by atoms with van der Waals surface area (Å²) in [4.78, 5) is 13.5. The van der Waals surface area contributed by atoms with Crippen molar-refractivity contribution in [2.75, 3.05) is 11.7 Å². The zero-order chi connectivity index (χ0) is 15.2. The van der Waals surface area contributed by atoms with E-state index >= 15 is 0 Å². The number of halogens is 3. The van der Waals surface area contributed by atoms with Gasteiger partial charge in [-0.05, 0) is 40.8 Å². The molecular formula is C15H10ClFINO2. The molecular weight excluding hydrogens is 408 g/mol. The molecule has 0 fully saturated rings. The number of rotatable bonds is 2. The highest BCUT2D eigenvalue weighted by atomic mass is 127. The van der Waals surface area contributed by atoms with Gasteiger partial charge in [-0.25, -0.2) is 4.39 Å². The minimum absolute atomic E-state index is 0.259. The van der Waals surface area contributed by atoms with Gasteiger partial charge in [0.15, 0.2) is 12.4 Å². The van der Waals surface area contributed by atoms with Gasteiger partial charge in [0.25, 0.3) is 5.91 Å². The van der Waals surface area contributed by atoms with Crippen LogP contribution in [0.4, 0.5) is 10.1 Å². The molecule has 0 aliphatic carbocycles. The van der Waals surface area contributed by atoms with Crippen LogP contribution in [0.3, 0.4) is 0 Å². The first-order valence-electron chi connectivity index (χ1n) is 6.15. The summed E-state index contributed by atoms with van der Waals surface area (Å²) in [5, 5.41) is 11.3. The average Bonchev–Trinajstić information content (AvgIpc) is 2.68. The van der Waals surface area contributed by atoms with Gasteiger partial charge >= 0.3 is 0 Å². The molecule has 1 aliphatic rings. The molecule has 0 saturated heterocycles. The molecule has 0 spiro atoms. The smallest absolute Gasteiger partial charge is 0.270 e. The van der Waals surface area contributed by atoms with Crippen molar-refractivity contribution in [1.29, 1.82) is 0 Å². The molecule has 1 heterocycles. The van der Waals surface area contributed by atoms with Gasteiger partial charge in [0.05, 0.1) is 5.69 Å². The summed E-state index contributed by atoms with van der Waals surface area (Å²) in [5.41, 5.74) is -0.977. The molecule has 0 aromatic heterocycles. The van der Waals surface area contributed by atoms with Crippen LogP contribution in [0.5, 0.6) is 0 Å². The fraction of sp³-hybridized carbons (Fsp3) is 0.133. The lowest BCUT2D eigenvalue weighted by Gasteiger charge is -2.23. The number of hydrogen-bond acceptors (Lipinski definition) is 2. The van der Waals surface area contributed by atoms with Crippen LogP contribution in [0.1, 0.15) is 11.1 Å². The van der Waals surface area contributed by atoms with E-state index in [0.29, 0.717) is 11.3 Å². The van der Waals surface area contributed by atoms with Crippen LogP contribution in [0.2, 0.25) is 5.02 Å². The standard InChI is InChI=1S/C15H10ClFINO2/c16-12-4-2-1-3-10(12)15(21)11-6-5-9(18)7-13(11)19(8-17)14(15)20/h1-7,21H,8H2. The lowest BCUT2D eigenvalue weighted by atomic mass is 9.87. The van der Waals surface area contributed by atoms with Gasteiger partial charge in [0.2, 0.25) is 0 Å². The number of carbonyl (C=O) groups excluding carboxylic acids is 1. The van der Waals surface area contributed by atoms with Gasteiger partial charge in [-0.2, -0.15) is 0 Å². The molecule has 3 nitrogen and oxygen atoms in total. The number of hydrogen-bond donors (Lipinski definition) is 1. The molecule has 2 aromatic carbocycles. The second kappa shape index (κ2) is 5.23. The van der Waals surface area contributed by atoms with E-state index < -0.39 is 18.3 Å². The Balaban J connectivity index is 2.30. The molecule has 108 valence electrons. The predicted octanol–water partition coefficient (Wildman–Crippen LogP) is 3.45. The largest absolute Gasteiger partial charge is 0.372 e. The summed E-state index contributed by atoms with van der Waals surface area (Å²) in [7, 11) is 0. The zero-order valence-electron chi connectivity index (χ0n) is 10.7. The molecule has 1 unspecified atom stereocenters. The molecule has 1 N–H and O–H groups in total. The molecule has 0 saturated carbocycles. The topological polar surface area (TPSA) is 40.5 Å². The van der Waals surface area contributed by atoms with E-state index in [1.165, 1.54) is 0 Å². The number of carbonyl (C=O) groups is 1. The minimum Gasteiger partial charge on any atom is -0.372 e. The van der Waals surface area contributed by atoms with Crippen molar-refractivity contribution in [3.63, 3.8) is 0 Å². The third-order valence-corrected chi connectivity index (χ3v) is 4.58. The van der Waals surface area contributed by atoms with Crippen molar-refractivity contribution in [2.24, 2.45) is 0 Å². The van der Waals surface area contributed by atoms with Crippen LogP contribution >= 0.6 is 34.2 Å². The number of alkyl halides is 1. The Labute approximate surface area is 139 Å². The number of benzene rings is 2. The van der Waals surface area contributed by atoms with Crippen molar-refractivity contribution in [3.05, 3.63) is 62.2 Å². The van der Waals surface area contributed by atoms with Crippen molar-refractivity contribution >= 4 is 45.8 Å². The third-order valence-electron chi connectivity index (χ3n) is 3.58. The lowest BCUT2D eigenvalue weighted by molar-refractivity contribution is -0.132. The van der Waals surface area contributed by atoms with E-state index in [9.17, 15) is 14.3 Å². The van der Waals surface area contributed by atoms with Crippen LogP contribution in [0.15, 0.2) is 42.5 Å². The lowest BCUT2D eigenvalue weighted by Crippen LogP contribution is -2.41. The van der Waals surface area contributed by atoms with Gasteiger partial charge < -0.3 is 5.11 Å². The van der Waals surface area contributed by atoms with E-state index in [4.69, 9.17) is 11.6 Å². The maximum Gasteiger partial charge on any atom is 0.270 e. The van der Waals surface area contributed by atoms with Crippen molar-refractivity contribution in [3.8, 4) is 0 Å². The Hall–Kier alpha value is -1.18. The van der Waals surface area contributed by atoms with E-state index in [1.54, 1.807) is 42.5 Å². The van der Waals surface area contributed by atoms with Crippen LogP contribution in [0, 0.1) is 3.57 Å². The summed E-state index contributed by atoms with van der Waals surface area (Å²) in [6.45, 7) is -1.00. The third kappa shape index (κ3) is 2.06. The SMILES string of the molecule is O=C1N(CF)c2cc(I)ccc2C1(O)c1ccccc1Cl. The number of amides is 1. The monoisotopic (exact) mass is 417 g/mol. The highest BCUT2D eigenvalue weighted by Crippen LogP contribution is 2.46. The highest BCUT2D eigenvalue weighted by Gasteiger charge is 2.52. The van der Waals surface area contributed by atoms with Crippen molar-refractivity contribution in [1.82, 2.24) is 0 Å². The molecule has 6 heteroatoms. The first kappa shape index (κ1) is 14.7. The molecule has 1 aliphatic heterocycles. The Bertz CT molecular complexity index is 739. The molecule has 0 bridgehead atoms. The van der Waals surface area contributed by atoms with Crippen LogP contribution in [-0.4, -0.2) is 17.8 Å². The molecule has 1 atom stereocenters. The Morgan fingerprint density at radius 3 is 2.62 bits per heavy atom. The fourth-order valence-corrected chi connectivity index (χ4v) is 3.33. The number of nitrogens with zero attached hydrogens (tertiary/aromatic N) is 1. The second-order valence-corrected chi connectivity index (χ2v) is 6.36. The summed E-state index contributed by atoms with van der Waals surface area (Å²) in [6, 6.07) is 11.6. The first-order valence-corrected chi connectivity index (χ1v) is 7.61. The predicted molar refractivity (Wildman–Crippen MR) is 87.1 cm³/mol. The van der Waals surface area contributed by atoms with Crippen LogP contribution < -0.4 is 4.90 Å². The number of aliphatic hydroxyl groups is 1. The average molecular weight is 418 g/mol. The number of anilines is 1. The Morgan fingerprint density at radius 1 is 1.24 bits per heavy atom. The Morgan fingerprint density at radius 2 is 1.95 bits per heavy atom. The van der Waals surface area contributed by atoms with Crippen molar-refractivity contribution in [2.45, 2.75) is 5.60 Å². The van der Waals surface area contributed by atoms with E-state index in [-0.39, 0.29) is 10.6 Å². The van der Waals surface area contributed by atoms with Gasteiger partial charge in [-0.3, -0.25) is 9.69 Å². The highest BCUT2D eigenvalue weighted by molar-refractivity contribution is 14.1. The van der Waals surface area contributed by atoms with Crippen molar-refractivity contribution < 1.29 is 14.3 Å². The van der Waals surface area contributed by atoms with E-state index in [2.05, 4.69) is 22.6 Å². The summed E-state index contributed by atoms with van der Waals surface area (Å²) < 4.78 is 14.1. The van der Waals surface area contributed by atoms with Crippen LogP contribution in [-0.2, 0) is 10.4 Å². The van der Waals surface area contributed by atoms with E-state index in [1.807, 2.05) is 0 Å². The normalized spacial score (nSPS) is 20.8. The molecule has 21 heavy (non-hydrogen) atoms. The maximum absolute atomic E-state index is 13.3. The molecule has 0 radical (unpaired) electrons. The van der Waals surface area contributed by atoms with E-state index in [0.717, 1.165) is 8.47 Å². The number of fused-ring (bicyclic) bond motifs is 1. The quantitative estimate of drug-likeness (QED) is 0.601. The maximum atomic E-state index is 13.3. The fourth-order valence-electron chi connectivity index (χ4n) is 2.59. The van der Waals surface area contributed by atoms with Gasteiger partial charge in [-0.15, -0.1) is 0 Å². The summed E-state index contributed by atoms with van der Waals surface area (Å²) >= 11 is 8.19. The Kier molecular flexibility index (Phi) is 3.67.